The maximum atomic E-state index is 10.7. The van der Waals surface area contributed by atoms with Crippen LogP contribution in [-0.2, 0) is 9.53 Å². The molecule has 0 aromatic carbocycles. The van der Waals surface area contributed by atoms with Crippen molar-refractivity contribution in [1.29, 1.82) is 0 Å². The summed E-state index contributed by atoms with van der Waals surface area (Å²) in [5.41, 5.74) is 0. The van der Waals surface area contributed by atoms with Gasteiger partial charge in [0.25, 0.3) is 0 Å². The van der Waals surface area contributed by atoms with E-state index < -0.39 is 6.23 Å². The van der Waals surface area contributed by atoms with Crippen molar-refractivity contribution < 1.29 is 14.6 Å². The number of nitrogens with zero attached hydrogens (tertiary/aromatic N) is 3. The van der Waals surface area contributed by atoms with Gasteiger partial charge in [0, 0.05) is 13.6 Å². The molecule has 0 spiro atoms. The van der Waals surface area contributed by atoms with Gasteiger partial charge >= 0.3 is 0 Å². The molecular weight excluding hydrogens is 224 g/mol. The summed E-state index contributed by atoms with van der Waals surface area (Å²) in [6.45, 7) is 2.76. The summed E-state index contributed by atoms with van der Waals surface area (Å²) < 4.78 is 5.05. The molecule has 0 saturated heterocycles. The molecule has 0 heterocycles. The van der Waals surface area contributed by atoms with Crippen molar-refractivity contribution in [2.45, 2.75) is 13.2 Å². The second kappa shape index (κ2) is 9.73. The monoisotopic (exact) mass is 244 g/mol. The molecule has 0 aliphatic heterocycles. The number of aliphatic hydroxyl groups excluding tert-OH is 1. The zero-order chi connectivity index (χ0) is 13.1. The Morgan fingerprint density at radius 3 is 2.94 bits per heavy atom. The van der Waals surface area contributed by atoms with Crippen molar-refractivity contribution in [1.82, 2.24) is 10.2 Å². The Labute approximate surface area is 101 Å². The van der Waals surface area contributed by atoms with Crippen molar-refractivity contribution in [3.05, 3.63) is 0 Å². The maximum Gasteiger partial charge on any atom is 0.241 e. The molecular formula is C10H20N4O3. The van der Waals surface area contributed by atoms with E-state index in [1.807, 2.05) is 0 Å². The molecule has 7 nitrogen and oxygen atoms in total. The zero-order valence-corrected chi connectivity index (χ0v) is 10.5. The van der Waals surface area contributed by atoms with Gasteiger partial charge in [-0.05, 0) is 14.0 Å². The summed E-state index contributed by atoms with van der Waals surface area (Å²) in [6.07, 6.45) is 2.02. The molecule has 0 radical (unpaired) electrons. The van der Waals surface area contributed by atoms with Crippen molar-refractivity contribution in [3.63, 3.8) is 0 Å². The van der Waals surface area contributed by atoms with Crippen LogP contribution in [-0.4, -0.2) is 68.7 Å². The Morgan fingerprint density at radius 2 is 2.35 bits per heavy atom. The number of hydrogen-bond acceptors (Lipinski definition) is 5. The molecule has 0 aliphatic rings. The number of amides is 1. The molecule has 7 heteroatoms. The number of likely N-dealkylation sites (N-methyl/N-ethyl adjacent to an activating group) is 2. The highest BCUT2D eigenvalue weighted by atomic mass is 16.5. The predicted molar refractivity (Wildman–Crippen MR) is 66.2 cm³/mol. The number of carbonyl (C=O) groups is 1. The average Bonchev–Trinajstić information content (AvgIpc) is 2.31. The molecule has 1 amide bonds. The van der Waals surface area contributed by atoms with E-state index >= 15 is 0 Å². The number of aliphatic imine (C=N–C) groups is 2. The number of carbonyl (C=O) groups excluding carboxylic acids is 1. The minimum atomic E-state index is -0.496. The summed E-state index contributed by atoms with van der Waals surface area (Å²) in [6, 6.07) is 0. The van der Waals surface area contributed by atoms with Crippen molar-refractivity contribution >= 4 is 18.6 Å². The lowest BCUT2D eigenvalue weighted by molar-refractivity contribution is -0.119. The molecule has 1 unspecified atom stereocenters. The SMILES string of the molecule is CNC(=O)C/N=C\N=C\OCCN(C)C(C)O. The van der Waals surface area contributed by atoms with E-state index in [9.17, 15) is 4.79 Å². The Hall–Kier alpha value is -1.47. The molecule has 0 saturated carbocycles. The largest absolute Gasteiger partial charge is 0.482 e. The van der Waals surface area contributed by atoms with Gasteiger partial charge in [-0.15, -0.1) is 0 Å². The number of hydrogen-bond donors (Lipinski definition) is 2. The van der Waals surface area contributed by atoms with Gasteiger partial charge in [-0.2, -0.15) is 0 Å². The Balaban J connectivity index is 3.52. The quantitative estimate of drug-likeness (QED) is 0.250. The van der Waals surface area contributed by atoms with Crippen LogP contribution < -0.4 is 5.32 Å². The van der Waals surface area contributed by atoms with Crippen LogP contribution in [0.1, 0.15) is 6.92 Å². The van der Waals surface area contributed by atoms with Gasteiger partial charge in [0.15, 0.2) is 6.40 Å². The topological polar surface area (TPSA) is 86.5 Å². The number of nitrogens with one attached hydrogen (secondary N) is 1. The molecule has 0 rings (SSSR count). The molecule has 98 valence electrons. The molecule has 0 aromatic rings. The summed E-state index contributed by atoms with van der Waals surface area (Å²) in [7, 11) is 3.33. The number of rotatable bonds is 8. The number of ether oxygens (including phenoxy) is 1. The van der Waals surface area contributed by atoms with E-state index in [4.69, 9.17) is 9.84 Å². The first-order valence-electron chi connectivity index (χ1n) is 5.28. The number of aliphatic hydroxyl groups is 1. The smallest absolute Gasteiger partial charge is 0.241 e. The third-order valence-electron chi connectivity index (χ3n) is 2.00. The second-order valence-electron chi connectivity index (χ2n) is 3.37. The van der Waals surface area contributed by atoms with E-state index in [2.05, 4.69) is 15.3 Å². The van der Waals surface area contributed by atoms with E-state index in [0.717, 1.165) is 0 Å². The lowest BCUT2D eigenvalue weighted by atomic mass is 10.5. The van der Waals surface area contributed by atoms with Gasteiger partial charge in [0.1, 0.15) is 25.7 Å². The van der Waals surface area contributed by atoms with Crippen LogP contribution in [0, 0.1) is 0 Å². The summed E-state index contributed by atoms with van der Waals surface area (Å²) in [5.74, 6) is -0.170. The van der Waals surface area contributed by atoms with E-state index in [1.54, 1.807) is 25.9 Å². The van der Waals surface area contributed by atoms with Gasteiger partial charge in [-0.3, -0.25) is 14.7 Å². The first kappa shape index (κ1) is 15.5. The summed E-state index contributed by atoms with van der Waals surface area (Å²) in [4.78, 5) is 19.9. The van der Waals surface area contributed by atoms with E-state index in [-0.39, 0.29) is 12.5 Å². The normalized spacial score (nSPS) is 13.5. The highest BCUT2D eigenvalue weighted by Gasteiger charge is 2.02. The van der Waals surface area contributed by atoms with Crippen LogP contribution in [0.15, 0.2) is 9.98 Å². The Bertz CT molecular complexity index is 266. The van der Waals surface area contributed by atoms with Crippen LogP contribution in [0.2, 0.25) is 0 Å². The van der Waals surface area contributed by atoms with Crippen LogP contribution >= 0.6 is 0 Å². The lowest BCUT2D eigenvalue weighted by Crippen LogP contribution is -2.31. The van der Waals surface area contributed by atoms with Gasteiger partial charge in [0.2, 0.25) is 5.91 Å². The highest BCUT2D eigenvalue weighted by Crippen LogP contribution is 1.88. The van der Waals surface area contributed by atoms with Gasteiger partial charge in [-0.1, -0.05) is 0 Å². The van der Waals surface area contributed by atoms with Crippen molar-refractivity contribution in [3.8, 4) is 0 Å². The maximum absolute atomic E-state index is 10.7. The van der Waals surface area contributed by atoms with Crippen molar-refractivity contribution in [2.75, 3.05) is 33.8 Å². The summed E-state index contributed by atoms with van der Waals surface area (Å²) >= 11 is 0. The molecule has 0 aliphatic carbocycles. The van der Waals surface area contributed by atoms with E-state index in [1.165, 1.54) is 12.7 Å². The van der Waals surface area contributed by atoms with Crippen LogP contribution in [0.4, 0.5) is 0 Å². The molecule has 17 heavy (non-hydrogen) atoms. The van der Waals surface area contributed by atoms with Crippen LogP contribution in [0.5, 0.6) is 0 Å². The highest BCUT2D eigenvalue weighted by molar-refractivity contribution is 5.79. The van der Waals surface area contributed by atoms with Gasteiger partial charge in [-0.25, -0.2) is 4.99 Å². The van der Waals surface area contributed by atoms with Crippen molar-refractivity contribution in [2.24, 2.45) is 9.98 Å². The van der Waals surface area contributed by atoms with Crippen LogP contribution in [0.3, 0.4) is 0 Å². The summed E-state index contributed by atoms with van der Waals surface area (Å²) in [5, 5.41) is 11.6. The Morgan fingerprint density at radius 1 is 1.65 bits per heavy atom. The van der Waals surface area contributed by atoms with E-state index in [0.29, 0.717) is 13.2 Å². The third kappa shape index (κ3) is 9.46. The first-order chi connectivity index (χ1) is 8.07. The molecule has 0 fully saturated rings. The third-order valence-corrected chi connectivity index (χ3v) is 2.00. The molecule has 2 N–H and O–H groups in total. The van der Waals surface area contributed by atoms with Gasteiger partial charge < -0.3 is 15.2 Å². The predicted octanol–water partition coefficient (Wildman–Crippen LogP) is -0.924. The first-order valence-corrected chi connectivity index (χ1v) is 5.28. The van der Waals surface area contributed by atoms with Gasteiger partial charge in [0.05, 0.1) is 0 Å². The molecule has 0 aromatic heterocycles. The Kier molecular flexibility index (Phi) is 8.89. The average molecular weight is 244 g/mol. The fraction of sp³-hybridized carbons (Fsp3) is 0.700. The minimum Gasteiger partial charge on any atom is -0.482 e. The standard InChI is InChI=1S/C10H20N4O3/c1-9(15)14(3)4-5-17-8-13-7-12-6-10(16)11-2/h7-9,15H,4-6H2,1-3H3,(H,11,16)/b12-7-,13-8+. The van der Waals surface area contributed by atoms with Crippen LogP contribution in [0.25, 0.3) is 0 Å². The molecule has 1 atom stereocenters. The lowest BCUT2D eigenvalue weighted by Gasteiger charge is -2.18. The fourth-order valence-electron chi connectivity index (χ4n) is 0.756. The molecule has 0 bridgehead atoms. The minimum absolute atomic E-state index is 0.0542. The zero-order valence-electron chi connectivity index (χ0n) is 10.5. The fourth-order valence-corrected chi connectivity index (χ4v) is 0.756. The second-order valence-corrected chi connectivity index (χ2v) is 3.37.